The quantitative estimate of drug-likeness (QED) is 0.653. The molecule has 96 valence electrons. The number of hydrazone groups is 1. The van der Waals surface area contributed by atoms with Crippen LogP contribution in [0.1, 0.15) is 21.5 Å². The minimum absolute atomic E-state index is 0.125. The summed E-state index contributed by atoms with van der Waals surface area (Å²) in [6, 6.07) is 13.8. The van der Waals surface area contributed by atoms with Crippen LogP contribution in [-0.4, -0.2) is 17.2 Å². The van der Waals surface area contributed by atoms with Crippen LogP contribution in [0.5, 0.6) is 5.75 Å². The predicted octanol–water partition coefficient (Wildman–Crippen LogP) is 2.46. The van der Waals surface area contributed by atoms with Gasteiger partial charge >= 0.3 is 0 Å². The largest absolute Gasteiger partial charge is 0.508 e. The summed E-state index contributed by atoms with van der Waals surface area (Å²) in [5.41, 5.74) is 4.96. The average molecular weight is 254 g/mol. The molecule has 4 heteroatoms. The summed E-state index contributed by atoms with van der Waals surface area (Å²) in [4.78, 5) is 11.7. The van der Waals surface area contributed by atoms with Crippen LogP contribution in [0.4, 0.5) is 0 Å². The van der Waals surface area contributed by atoms with E-state index in [1.54, 1.807) is 6.21 Å². The van der Waals surface area contributed by atoms with Crippen LogP contribution in [0.3, 0.4) is 0 Å². The van der Waals surface area contributed by atoms with Gasteiger partial charge in [-0.25, -0.2) is 5.43 Å². The molecule has 2 rings (SSSR count). The number of hydrogen-bond acceptors (Lipinski definition) is 3. The molecule has 0 bridgehead atoms. The lowest BCUT2D eigenvalue weighted by molar-refractivity contribution is 0.0955. The number of benzene rings is 2. The molecule has 0 spiro atoms. The molecule has 0 radical (unpaired) electrons. The summed E-state index contributed by atoms with van der Waals surface area (Å²) >= 11 is 0. The van der Waals surface area contributed by atoms with Gasteiger partial charge < -0.3 is 5.11 Å². The maximum atomic E-state index is 11.7. The third-order valence-corrected chi connectivity index (χ3v) is 2.59. The van der Waals surface area contributed by atoms with Crippen molar-refractivity contribution in [1.82, 2.24) is 5.43 Å². The Kier molecular flexibility index (Phi) is 3.93. The molecule has 0 aliphatic rings. The summed E-state index contributed by atoms with van der Waals surface area (Å²) in [5.74, 6) is -0.192. The molecule has 1 amide bonds. The monoisotopic (exact) mass is 254 g/mol. The number of aryl methyl sites for hydroxylation is 1. The predicted molar refractivity (Wildman–Crippen MR) is 74.3 cm³/mol. The van der Waals surface area contributed by atoms with E-state index in [9.17, 15) is 4.79 Å². The Morgan fingerprint density at radius 3 is 2.37 bits per heavy atom. The fourth-order valence-electron chi connectivity index (χ4n) is 1.50. The van der Waals surface area contributed by atoms with Gasteiger partial charge in [0.25, 0.3) is 5.91 Å². The summed E-state index contributed by atoms with van der Waals surface area (Å²) in [7, 11) is 0. The van der Waals surface area contributed by atoms with Gasteiger partial charge in [-0.2, -0.15) is 5.10 Å². The van der Waals surface area contributed by atoms with Gasteiger partial charge in [-0.1, -0.05) is 29.8 Å². The van der Waals surface area contributed by atoms with Crippen LogP contribution < -0.4 is 5.43 Å². The first kappa shape index (κ1) is 12.8. The lowest BCUT2D eigenvalue weighted by atomic mass is 10.2. The Morgan fingerprint density at radius 2 is 1.74 bits per heavy atom. The molecule has 0 aliphatic heterocycles. The van der Waals surface area contributed by atoms with Crippen LogP contribution in [0.15, 0.2) is 53.6 Å². The van der Waals surface area contributed by atoms with E-state index < -0.39 is 0 Å². The van der Waals surface area contributed by atoms with Crippen LogP contribution in [0.2, 0.25) is 0 Å². The van der Waals surface area contributed by atoms with E-state index in [0.29, 0.717) is 5.56 Å². The van der Waals surface area contributed by atoms with Crippen molar-refractivity contribution >= 4 is 12.1 Å². The molecule has 0 aliphatic carbocycles. The lowest BCUT2D eigenvalue weighted by Crippen LogP contribution is -2.17. The molecular weight excluding hydrogens is 240 g/mol. The van der Waals surface area contributed by atoms with E-state index in [1.165, 1.54) is 29.8 Å². The Labute approximate surface area is 111 Å². The van der Waals surface area contributed by atoms with E-state index in [1.807, 2.05) is 31.2 Å². The van der Waals surface area contributed by atoms with Crippen molar-refractivity contribution in [3.8, 4) is 5.75 Å². The third-order valence-electron chi connectivity index (χ3n) is 2.59. The lowest BCUT2D eigenvalue weighted by Gasteiger charge is -2.00. The molecule has 2 aromatic rings. The van der Waals surface area contributed by atoms with E-state index in [0.717, 1.165) is 5.56 Å². The number of phenolic OH excluding ortho intramolecular Hbond substituents is 1. The van der Waals surface area contributed by atoms with Crippen LogP contribution >= 0.6 is 0 Å². The van der Waals surface area contributed by atoms with Crippen molar-refractivity contribution in [2.45, 2.75) is 6.92 Å². The van der Waals surface area contributed by atoms with Crippen LogP contribution in [0.25, 0.3) is 0 Å². The van der Waals surface area contributed by atoms with Gasteiger partial charge in [-0.15, -0.1) is 0 Å². The zero-order valence-electron chi connectivity index (χ0n) is 10.5. The van der Waals surface area contributed by atoms with E-state index in [-0.39, 0.29) is 11.7 Å². The highest BCUT2D eigenvalue weighted by atomic mass is 16.3. The summed E-state index contributed by atoms with van der Waals surface area (Å²) in [5, 5.41) is 13.0. The topological polar surface area (TPSA) is 61.7 Å². The normalized spacial score (nSPS) is 10.6. The SMILES string of the molecule is Cc1ccc(C=NNC(=O)c2ccc(O)cc2)cc1. The first-order chi connectivity index (χ1) is 9.15. The molecular formula is C15H14N2O2. The number of nitrogens with one attached hydrogen (secondary N) is 1. The Balaban J connectivity index is 1.96. The second kappa shape index (κ2) is 5.82. The molecule has 0 saturated carbocycles. The Bertz CT molecular complexity index is 587. The smallest absolute Gasteiger partial charge is 0.271 e. The maximum Gasteiger partial charge on any atom is 0.271 e. The van der Waals surface area contributed by atoms with Gasteiger partial charge in [-0.05, 0) is 36.8 Å². The van der Waals surface area contributed by atoms with Crippen molar-refractivity contribution in [2.24, 2.45) is 5.10 Å². The van der Waals surface area contributed by atoms with Gasteiger partial charge in [0.1, 0.15) is 5.75 Å². The zero-order valence-corrected chi connectivity index (χ0v) is 10.5. The summed E-state index contributed by atoms with van der Waals surface area (Å²) < 4.78 is 0. The Hall–Kier alpha value is -2.62. The van der Waals surface area contributed by atoms with Crippen molar-refractivity contribution < 1.29 is 9.90 Å². The summed E-state index contributed by atoms with van der Waals surface area (Å²) in [6.07, 6.45) is 1.58. The first-order valence-corrected chi connectivity index (χ1v) is 5.84. The van der Waals surface area contributed by atoms with Gasteiger partial charge in [0.2, 0.25) is 0 Å². The number of carbonyl (C=O) groups excluding carboxylic acids is 1. The minimum atomic E-state index is -0.316. The fraction of sp³-hybridized carbons (Fsp3) is 0.0667. The minimum Gasteiger partial charge on any atom is -0.508 e. The van der Waals surface area contributed by atoms with Crippen molar-refractivity contribution in [1.29, 1.82) is 0 Å². The second-order valence-electron chi connectivity index (χ2n) is 4.16. The molecule has 19 heavy (non-hydrogen) atoms. The number of rotatable bonds is 3. The summed E-state index contributed by atoms with van der Waals surface area (Å²) in [6.45, 7) is 2.01. The van der Waals surface area contributed by atoms with Gasteiger partial charge in [0.15, 0.2) is 0 Å². The van der Waals surface area contributed by atoms with Gasteiger partial charge in [0, 0.05) is 5.56 Å². The second-order valence-corrected chi connectivity index (χ2v) is 4.16. The van der Waals surface area contributed by atoms with E-state index in [2.05, 4.69) is 10.5 Å². The van der Waals surface area contributed by atoms with Crippen molar-refractivity contribution in [3.05, 3.63) is 65.2 Å². The van der Waals surface area contributed by atoms with Crippen LogP contribution in [0, 0.1) is 6.92 Å². The third kappa shape index (κ3) is 3.67. The average Bonchev–Trinajstić information content (AvgIpc) is 2.41. The van der Waals surface area contributed by atoms with Crippen molar-refractivity contribution in [3.63, 3.8) is 0 Å². The molecule has 0 heterocycles. The molecule has 0 saturated heterocycles. The van der Waals surface area contributed by atoms with Gasteiger partial charge in [0.05, 0.1) is 6.21 Å². The molecule has 0 fully saturated rings. The Morgan fingerprint density at radius 1 is 1.11 bits per heavy atom. The molecule has 2 aromatic carbocycles. The van der Waals surface area contributed by atoms with Gasteiger partial charge in [-0.3, -0.25) is 4.79 Å². The number of hydrogen-bond donors (Lipinski definition) is 2. The van der Waals surface area contributed by atoms with E-state index in [4.69, 9.17) is 5.11 Å². The fourth-order valence-corrected chi connectivity index (χ4v) is 1.50. The van der Waals surface area contributed by atoms with Crippen LogP contribution in [-0.2, 0) is 0 Å². The first-order valence-electron chi connectivity index (χ1n) is 5.84. The highest BCUT2D eigenvalue weighted by Gasteiger charge is 2.02. The number of nitrogens with zero attached hydrogens (tertiary/aromatic N) is 1. The number of carbonyl (C=O) groups is 1. The standard InChI is InChI=1S/C15H14N2O2/c1-11-2-4-12(5-3-11)10-16-17-15(19)13-6-8-14(18)9-7-13/h2-10,18H,1H3,(H,17,19). The molecule has 0 unspecified atom stereocenters. The number of aromatic hydroxyl groups is 1. The number of amides is 1. The zero-order chi connectivity index (χ0) is 13.7. The highest BCUT2D eigenvalue weighted by molar-refractivity contribution is 5.94. The molecule has 0 aromatic heterocycles. The maximum absolute atomic E-state index is 11.7. The molecule has 4 nitrogen and oxygen atoms in total. The highest BCUT2D eigenvalue weighted by Crippen LogP contribution is 2.09. The van der Waals surface area contributed by atoms with Crippen molar-refractivity contribution in [2.75, 3.05) is 0 Å². The molecule has 2 N–H and O–H groups in total. The number of phenols is 1. The molecule has 0 atom stereocenters. The van der Waals surface area contributed by atoms with E-state index >= 15 is 0 Å².